The summed E-state index contributed by atoms with van der Waals surface area (Å²) in [6.07, 6.45) is 0. The first-order valence-electron chi connectivity index (χ1n) is 10.9. The van der Waals surface area contributed by atoms with Crippen LogP contribution in [0, 0.1) is 0 Å². The largest absolute Gasteiger partial charge is 0.507 e. The van der Waals surface area contributed by atoms with Gasteiger partial charge in [-0.05, 0) is 16.7 Å². The molecule has 6 heteroatoms. The summed E-state index contributed by atoms with van der Waals surface area (Å²) in [5.41, 5.74) is 4.35. The molecule has 0 aromatic heterocycles. The summed E-state index contributed by atoms with van der Waals surface area (Å²) in [5, 5.41) is 29.7. The average Bonchev–Trinajstić information content (AvgIpc) is 2.79. The van der Waals surface area contributed by atoms with Crippen LogP contribution >= 0.6 is 0 Å². The highest BCUT2D eigenvalue weighted by Gasteiger charge is 2.22. The van der Waals surface area contributed by atoms with Crippen LogP contribution < -0.4 is 0 Å². The van der Waals surface area contributed by atoms with Gasteiger partial charge in [0.1, 0.15) is 5.75 Å². The molecule has 0 radical (unpaired) electrons. The Morgan fingerprint density at radius 1 is 0.758 bits per heavy atom. The molecule has 3 aromatic carbocycles. The maximum Gasteiger partial charge on any atom is 0.317 e. The van der Waals surface area contributed by atoms with Crippen LogP contribution in [0.1, 0.15) is 53.5 Å². The average molecular weight is 448 g/mol. The highest BCUT2D eigenvalue weighted by molar-refractivity contribution is 5.72. The van der Waals surface area contributed by atoms with Crippen LogP contribution in [0.4, 0.5) is 0 Å². The van der Waals surface area contributed by atoms with Crippen LogP contribution in [0.3, 0.4) is 0 Å². The molecule has 0 spiro atoms. The summed E-state index contributed by atoms with van der Waals surface area (Å²) in [6, 6.07) is 23.7. The van der Waals surface area contributed by atoms with Gasteiger partial charge in [0.2, 0.25) is 0 Å². The van der Waals surface area contributed by atoms with Crippen molar-refractivity contribution in [3.63, 3.8) is 0 Å². The Balaban J connectivity index is 2.08. The number of benzene rings is 3. The van der Waals surface area contributed by atoms with Crippen molar-refractivity contribution in [3.05, 3.63) is 101 Å². The molecule has 6 nitrogen and oxygen atoms in total. The van der Waals surface area contributed by atoms with Crippen LogP contribution in [-0.4, -0.2) is 45.2 Å². The Kier molecular flexibility index (Phi) is 7.85. The predicted molar refractivity (Wildman–Crippen MR) is 127 cm³/mol. The maximum absolute atomic E-state index is 11.3. The van der Waals surface area contributed by atoms with E-state index in [0.717, 1.165) is 22.3 Å². The van der Waals surface area contributed by atoms with Crippen LogP contribution in [-0.2, 0) is 16.1 Å². The molecule has 2 atom stereocenters. The van der Waals surface area contributed by atoms with E-state index in [1.165, 1.54) is 4.90 Å². The van der Waals surface area contributed by atoms with Crippen molar-refractivity contribution in [2.45, 2.75) is 32.2 Å². The van der Waals surface area contributed by atoms with Gasteiger partial charge < -0.3 is 15.3 Å². The molecule has 0 heterocycles. The third-order valence-electron chi connectivity index (χ3n) is 5.92. The zero-order valence-corrected chi connectivity index (χ0v) is 18.8. The van der Waals surface area contributed by atoms with Crippen LogP contribution in [0.2, 0.25) is 0 Å². The van der Waals surface area contributed by atoms with Crippen molar-refractivity contribution in [1.29, 1.82) is 0 Å². The SMILES string of the molecule is CC(c1ccccc1)c1cc(CN(CC(=O)O)CC(=O)O)c(O)c(C(C)c2ccccc2)c1. The molecule has 0 aliphatic rings. The quantitative estimate of drug-likeness (QED) is 0.418. The van der Waals surface area contributed by atoms with Crippen LogP contribution in [0.15, 0.2) is 72.8 Å². The molecule has 0 saturated carbocycles. The fourth-order valence-electron chi connectivity index (χ4n) is 4.09. The molecule has 0 aliphatic carbocycles. The molecular formula is C27H29NO5. The van der Waals surface area contributed by atoms with E-state index < -0.39 is 25.0 Å². The van der Waals surface area contributed by atoms with E-state index in [0.29, 0.717) is 5.56 Å². The molecule has 33 heavy (non-hydrogen) atoms. The number of hydrogen-bond acceptors (Lipinski definition) is 4. The lowest BCUT2D eigenvalue weighted by Gasteiger charge is -2.24. The molecule has 0 fully saturated rings. The van der Waals surface area contributed by atoms with E-state index in [1.807, 2.05) is 79.7 Å². The van der Waals surface area contributed by atoms with Gasteiger partial charge >= 0.3 is 11.9 Å². The molecule has 172 valence electrons. The molecule has 2 unspecified atom stereocenters. The first kappa shape index (κ1) is 24.0. The molecule has 0 saturated heterocycles. The van der Waals surface area contributed by atoms with Gasteiger partial charge in [-0.15, -0.1) is 0 Å². The van der Waals surface area contributed by atoms with Gasteiger partial charge in [0.25, 0.3) is 0 Å². The van der Waals surface area contributed by atoms with E-state index in [2.05, 4.69) is 6.92 Å². The highest BCUT2D eigenvalue weighted by Crippen LogP contribution is 2.38. The molecule has 0 amide bonds. The Hall–Kier alpha value is -3.64. The third kappa shape index (κ3) is 6.20. The molecule has 0 bridgehead atoms. The van der Waals surface area contributed by atoms with Crippen molar-refractivity contribution in [2.75, 3.05) is 13.1 Å². The van der Waals surface area contributed by atoms with E-state index in [9.17, 15) is 24.9 Å². The monoisotopic (exact) mass is 447 g/mol. The topological polar surface area (TPSA) is 98.1 Å². The summed E-state index contributed by atoms with van der Waals surface area (Å²) >= 11 is 0. The van der Waals surface area contributed by atoms with Gasteiger partial charge in [-0.3, -0.25) is 14.5 Å². The minimum absolute atomic E-state index is 0.00823. The lowest BCUT2D eigenvalue weighted by Crippen LogP contribution is -2.34. The number of aliphatic carboxylic acids is 2. The summed E-state index contributed by atoms with van der Waals surface area (Å²) in [5.74, 6) is -2.26. The fraction of sp³-hybridized carbons (Fsp3) is 0.259. The van der Waals surface area contributed by atoms with Crippen molar-refractivity contribution in [2.24, 2.45) is 0 Å². The number of phenolic OH excluding ortho intramolecular Hbond substituents is 1. The smallest absolute Gasteiger partial charge is 0.317 e. The molecule has 3 N–H and O–H groups in total. The van der Waals surface area contributed by atoms with Crippen LogP contribution in [0.25, 0.3) is 0 Å². The number of aromatic hydroxyl groups is 1. The minimum atomic E-state index is -1.12. The molecule has 3 rings (SSSR count). The number of rotatable bonds is 10. The Labute approximate surface area is 193 Å². The highest BCUT2D eigenvalue weighted by atomic mass is 16.4. The number of hydrogen-bond donors (Lipinski definition) is 3. The summed E-state index contributed by atoms with van der Waals surface area (Å²) < 4.78 is 0. The molecular weight excluding hydrogens is 418 g/mol. The zero-order chi connectivity index (χ0) is 24.0. The second kappa shape index (κ2) is 10.8. The van der Waals surface area contributed by atoms with Crippen LogP contribution in [0.5, 0.6) is 5.75 Å². The second-order valence-electron chi connectivity index (χ2n) is 8.32. The standard InChI is InChI=1S/C27H29NO5/c1-18(20-9-5-3-6-10-20)22-13-23(15-28(16-25(29)30)17-26(31)32)27(33)24(14-22)19(2)21-11-7-4-8-12-21/h3-14,18-19,33H,15-17H2,1-2H3,(H,29,30)(H,31,32). The number of carbonyl (C=O) groups is 2. The van der Waals surface area contributed by atoms with Crippen molar-refractivity contribution < 1.29 is 24.9 Å². The normalized spacial score (nSPS) is 12.9. The fourth-order valence-corrected chi connectivity index (χ4v) is 4.09. The van der Waals surface area contributed by atoms with E-state index >= 15 is 0 Å². The Morgan fingerprint density at radius 3 is 1.73 bits per heavy atom. The van der Waals surface area contributed by atoms with Gasteiger partial charge in [-0.25, -0.2) is 0 Å². The lowest BCUT2D eigenvalue weighted by atomic mass is 9.85. The zero-order valence-electron chi connectivity index (χ0n) is 18.8. The first-order chi connectivity index (χ1) is 15.8. The van der Waals surface area contributed by atoms with E-state index in [1.54, 1.807) is 0 Å². The summed E-state index contributed by atoms with van der Waals surface area (Å²) in [6.45, 7) is 3.22. The Bertz CT molecular complexity index is 1080. The van der Waals surface area contributed by atoms with Gasteiger partial charge in [-0.2, -0.15) is 0 Å². The number of phenols is 1. The second-order valence-corrected chi connectivity index (χ2v) is 8.32. The van der Waals surface area contributed by atoms with Crippen molar-refractivity contribution in [3.8, 4) is 5.75 Å². The van der Waals surface area contributed by atoms with Gasteiger partial charge in [-0.1, -0.05) is 86.6 Å². The number of nitrogens with zero attached hydrogens (tertiary/aromatic N) is 1. The predicted octanol–water partition coefficient (Wildman–Crippen LogP) is 4.67. The van der Waals surface area contributed by atoms with E-state index in [4.69, 9.17) is 0 Å². The van der Waals surface area contributed by atoms with Gasteiger partial charge in [0.05, 0.1) is 13.1 Å². The first-order valence-corrected chi connectivity index (χ1v) is 10.9. The van der Waals surface area contributed by atoms with Crippen molar-refractivity contribution in [1.82, 2.24) is 4.90 Å². The Morgan fingerprint density at radius 2 is 1.24 bits per heavy atom. The molecule has 3 aromatic rings. The number of carboxylic acid groups (broad SMARTS) is 2. The maximum atomic E-state index is 11.3. The third-order valence-corrected chi connectivity index (χ3v) is 5.92. The molecule has 0 aliphatic heterocycles. The summed E-state index contributed by atoms with van der Waals surface area (Å²) in [7, 11) is 0. The lowest BCUT2D eigenvalue weighted by molar-refractivity contribution is -0.142. The van der Waals surface area contributed by atoms with E-state index in [-0.39, 0.29) is 24.1 Å². The van der Waals surface area contributed by atoms with Gasteiger partial charge in [0, 0.05) is 29.5 Å². The number of carboxylic acids is 2. The summed E-state index contributed by atoms with van der Waals surface area (Å²) in [4.78, 5) is 23.9. The van der Waals surface area contributed by atoms with Crippen molar-refractivity contribution >= 4 is 11.9 Å². The van der Waals surface area contributed by atoms with Gasteiger partial charge in [0.15, 0.2) is 0 Å². The minimum Gasteiger partial charge on any atom is -0.507 e.